The molecule has 3 aromatic rings. The van der Waals surface area contributed by atoms with Crippen molar-refractivity contribution < 1.29 is 24.6 Å². The minimum atomic E-state index is -1.32. The van der Waals surface area contributed by atoms with E-state index in [9.17, 15) is 24.6 Å². The van der Waals surface area contributed by atoms with Gasteiger partial charge in [-0.3, -0.25) is 9.59 Å². The second kappa shape index (κ2) is 11.9. The van der Waals surface area contributed by atoms with Crippen LogP contribution in [0, 0.1) is 13.8 Å². The standard InChI is InChI=1S/C24H27N5O5S/c1-14-20(22(32)29-18(23(33)34)13-26-21(31)19-6-4-12-35-19)15(2)28-24(27-14)25-11-3-5-16-7-9-17(30)10-8-16/h4,6-10,12,18,30H,3,5,11,13H2,1-2H3,(H,26,31)(H,29,32)(H,33,34)(H,25,27,28)/t18-/m0/s1. The molecule has 0 bridgehead atoms. The molecule has 1 atom stereocenters. The number of hydrogen-bond acceptors (Lipinski definition) is 8. The zero-order valence-electron chi connectivity index (χ0n) is 19.4. The number of rotatable bonds is 11. The lowest BCUT2D eigenvalue weighted by atomic mass is 10.1. The molecular formula is C24H27N5O5S. The highest BCUT2D eigenvalue weighted by Crippen LogP contribution is 2.14. The van der Waals surface area contributed by atoms with E-state index >= 15 is 0 Å². The maximum absolute atomic E-state index is 12.8. The summed E-state index contributed by atoms with van der Waals surface area (Å²) < 4.78 is 0. The number of thiophene rings is 1. The number of nitrogens with one attached hydrogen (secondary N) is 3. The molecule has 0 saturated carbocycles. The monoisotopic (exact) mass is 497 g/mol. The number of phenolic OH excluding ortho intramolecular Hbond substituents is 1. The van der Waals surface area contributed by atoms with Crippen molar-refractivity contribution in [3.05, 3.63) is 69.2 Å². The van der Waals surface area contributed by atoms with Gasteiger partial charge in [0.05, 0.1) is 21.8 Å². The van der Waals surface area contributed by atoms with E-state index in [1.54, 1.807) is 43.5 Å². The van der Waals surface area contributed by atoms with Crippen molar-refractivity contribution >= 4 is 35.1 Å². The Morgan fingerprint density at radius 3 is 2.31 bits per heavy atom. The highest BCUT2D eigenvalue weighted by atomic mass is 32.1. The van der Waals surface area contributed by atoms with Gasteiger partial charge in [-0.15, -0.1) is 11.3 Å². The first kappa shape index (κ1) is 25.6. The number of carbonyl (C=O) groups excluding carboxylic acids is 2. The number of anilines is 1. The summed E-state index contributed by atoms with van der Waals surface area (Å²) in [4.78, 5) is 45.7. The summed E-state index contributed by atoms with van der Waals surface area (Å²) in [6.45, 7) is 3.65. The topological polar surface area (TPSA) is 154 Å². The van der Waals surface area contributed by atoms with E-state index < -0.39 is 23.8 Å². The summed E-state index contributed by atoms with van der Waals surface area (Å²) in [6.07, 6.45) is 1.62. The number of carbonyl (C=O) groups is 3. The molecule has 0 radical (unpaired) electrons. The highest BCUT2D eigenvalue weighted by molar-refractivity contribution is 7.12. The molecule has 1 aromatic carbocycles. The van der Waals surface area contributed by atoms with Gasteiger partial charge in [0.15, 0.2) is 0 Å². The first-order valence-corrected chi connectivity index (χ1v) is 11.8. The van der Waals surface area contributed by atoms with Crippen LogP contribution in [0.1, 0.15) is 43.4 Å². The van der Waals surface area contributed by atoms with Gasteiger partial charge < -0.3 is 26.2 Å². The molecule has 35 heavy (non-hydrogen) atoms. The predicted molar refractivity (Wildman–Crippen MR) is 132 cm³/mol. The molecule has 0 spiro atoms. The Kier molecular flexibility index (Phi) is 8.74. The number of nitrogens with zero attached hydrogens (tertiary/aromatic N) is 2. The van der Waals surface area contributed by atoms with Crippen LogP contribution >= 0.6 is 11.3 Å². The van der Waals surface area contributed by atoms with Crippen LogP contribution in [0.15, 0.2) is 41.8 Å². The number of carboxylic acids is 1. The Labute approximate surface area is 206 Å². The fourth-order valence-electron chi connectivity index (χ4n) is 3.40. The fourth-order valence-corrected chi connectivity index (χ4v) is 4.04. The molecular weight excluding hydrogens is 470 g/mol. The van der Waals surface area contributed by atoms with Crippen LogP contribution in [-0.4, -0.2) is 57.1 Å². The average Bonchev–Trinajstić information content (AvgIpc) is 3.35. The summed E-state index contributed by atoms with van der Waals surface area (Å²) >= 11 is 1.23. The van der Waals surface area contributed by atoms with E-state index in [-0.39, 0.29) is 17.9 Å². The zero-order valence-corrected chi connectivity index (χ0v) is 20.2. The summed E-state index contributed by atoms with van der Waals surface area (Å²) in [6, 6.07) is 9.06. The first-order valence-electron chi connectivity index (χ1n) is 11.0. The molecule has 3 rings (SSSR count). The summed E-state index contributed by atoms with van der Waals surface area (Å²) in [7, 11) is 0. The molecule has 10 nitrogen and oxygen atoms in total. The molecule has 2 aromatic heterocycles. The highest BCUT2D eigenvalue weighted by Gasteiger charge is 2.24. The third-order valence-corrected chi connectivity index (χ3v) is 6.04. The Morgan fingerprint density at radius 2 is 1.71 bits per heavy atom. The molecule has 2 heterocycles. The van der Waals surface area contributed by atoms with Crippen LogP contribution in [0.25, 0.3) is 0 Å². The Bertz CT molecular complexity index is 1160. The molecule has 0 aliphatic carbocycles. The van der Waals surface area contributed by atoms with E-state index in [4.69, 9.17) is 0 Å². The second-order valence-corrected chi connectivity index (χ2v) is 8.79. The second-order valence-electron chi connectivity index (χ2n) is 7.84. The number of aliphatic carboxylic acids is 1. The quantitative estimate of drug-likeness (QED) is 0.253. The Morgan fingerprint density at radius 1 is 1.03 bits per heavy atom. The van der Waals surface area contributed by atoms with Gasteiger partial charge in [-0.25, -0.2) is 14.8 Å². The van der Waals surface area contributed by atoms with Gasteiger partial charge in [0.2, 0.25) is 5.95 Å². The fraction of sp³-hybridized carbons (Fsp3) is 0.292. The molecule has 0 saturated heterocycles. The van der Waals surface area contributed by atoms with Crippen molar-refractivity contribution in [3.63, 3.8) is 0 Å². The van der Waals surface area contributed by atoms with Gasteiger partial charge >= 0.3 is 5.97 Å². The predicted octanol–water partition coefficient (Wildman–Crippen LogP) is 2.52. The van der Waals surface area contributed by atoms with E-state index in [0.29, 0.717) is 28.8 Å². The molecule has 11 heteroatoms. The molecule has 2 amide bonds. The minimum Gasteiger partial charge on any atom is -0.508 e. The lowest BCUT2D eigenvalue weighted by molar-refractivity contribution is -0.139. The normalized spacial score (nSPS) is 11.5. The van der Waals surface area contributed by atoms with Crippen LogP contribution in [0.4, 0.5) is 5.95 Å². The van der Waals surface area contributed by atoms with Gasteiger partial charge in [-0.05, 0) is 55.8 Å². The van der Waals surface area contributed by atoms with Gasteiger partial charge in [-0.2, -0.15) is 0 Å². The number of benzene rings is 1. The van der Waals surface area contributed by atoms with E-state index in [0.717, 1.165) is 18.4 Å². The molecule has 0 aliphatic heterocycles. The number of aromatic nitrogens is 2. The number of hydrogen-bond donors (Lipinski definition) is 5. The van der Waals surface area contributed by atoms with Crippen molar-refractivity contribution in [1.82, 2.24) is 20.6 Å². The molecule has 0 unspecified atom stereocenters. The van der Waals surface area contributed by atoms with Crippen LogP contribution < -0.4 is 16.0 Å². The summed E-state index contributed by atoms with van der Waals surface area (Å²) in [5.41, 5.74) is 2.10. The third-order valence-electron chi connectivity index (χ3n) is 5.17. The lowest BCUT2D eigenvalue weighted by Crippen LogP contribution is -2.48. The molecule has 0 fully saturated rings. The van der Waals surface area contributed by atoms with Gasteiger partial charge in [0, 0.05) is 13.1 Å². The molecule has 184 valence electrons. The van der Waals surface area contributed by atoms with Crippen molar-refractivity contribution in [1.29, 1.82) is 0 Å². The van der Waals surface area contributed by atoms with E-state index in [2.05, 4.69) is 25.9 Å². The van der Waals surface area contributed by atoms with Crippen LogP contribution in [-0.2, 0) is 11.2 Å². The van der Waals surface area contributed by atoms with Crippen molar-refractivity contribution in [2.45, 2.75) is 32.7 Å². The van der Waals surface area contributed by atoms with Crippen LogP contribution in [0.5, 0.6) is 5.75 Å². The smallest absolute Gasteiger partial charge is 0.328 e. The molecule has 0 aliphatic rings. The third kappa shape index (κ3) is 7.24. The first-order chi connectivity index (χ1) is 16.7. The molecule has 5 N–H and O–H groups in total. The minimum absolute atomic E-state index is 0.190. The van der Waals surface area contributed by atoms with E-state index in [1.165, 1.54) is 11.3 Å². The van der Waals surface area contributed by atoms with Crippen molar-refractivity contribution in [2.75, 3.05) is 18.4 Å². The summed E-state index contributed by atoms with van der Waals surface area (Å²) in [5, 5.41) is 28.7. The summed E-state index contributed by atoms with van der Waals surface area (Å²) in [5.74, 6) is -1.70. The number of phenols is 1. The Hall–Kier alpha value is -3.99. The number of amides is 2. The van der Waals surface area contributed by atoms with E-state index in [1.807, 2.05) is 12.1 Å². The number of aryl methyl sites for hydroxylation is 3. The average molecular weight is 498 g/mol. The zero-order chi connectivity index (χ0) is 25.4. The maximum atomic E-state index is 12.8. The van der Waals surface area contributed by atoms with Crippen LogP contribution in [0.3, 0.4) is 0 Å². The van der Waals surface area contributed by atoms with Crippen molar-refractivity contribution in [3.8, 4) is 5.75 Å². The van der Waals surface area contributed by atoms with Gasteiger partial charge in [0.25, 0.3) is 11.8 Å². The van der Waals surface area contributed by atoms with Gasteiger partial charge in [-0.1, -0.05) is 18.2 Å². The van der Waals surface area contributed by atoms with Crippen LogP contribution in [0.2, 0.25) is 0 Å². The van der Waals surface area contributed by atoms with Crippen molar-refractivity contribution in [2.24, 2.45) is 0 Å². The van der Waals surface area contributed by atoms with Gasteiger partial charge in [0.1, 0.15) is 11.8 Å². The number of carboxylic acid groups (broad SMARTS) is 1. The lowest BCUT2D eigenvalue weighted by Gasteiger charge is -2.17. The maximum Gasteiger partial charge on any atom is 0.328 e. The number of aromatic hydroxyl groups is 1. The SMILES string of the molecule is Cc1nc(NCCCc2ccc(O)cc2)nc(C)c1C(=O)N[C@@H](CNC(=O)c1cccs1)C(=O)O. The Balaban J connectivity index is 1.56. The largest absolute Gasteiger partial charge is 0.508 e.